The number of piperidine rings is 1. The lowest BCUT2D eigenvalue weighted by Gasteiger charge is -2.30. The van der Waals surface area contributed by atoms with Crippen molar-refractivity contribution in [2.45, 2.75) is 32.1 Å². The average Bonchev–Trinajstić information content (AvgIpc) is 3.09. The number of para-hydroxylation sites is 1. The van der Waals surface area contributed by atoms with Crippen LogP contribution >= 0.6 is 0 Å². The largest absolute Gasteiger partial charge is 0.496 e. The van der Waals surface area contributed by atoms with Gasteiger partial charge in [0, 0.05) is 19.0 Å². The van der Waals surface area contributed by atoms with Gasteiger partial charge in [0.05, 0.1) is 13.7 Å². The third kappa shape index (κ3) is 4.82. The predicted octanol–water partition coefficient (Wildman–Crippen LogP) is 1.66. The van der Waals surface area contributed by atoms with Crippen LogP contribution in [0.5, 0.6) is 5.75 Å². The Bertz CT molecular complexity index is 730. The summed E-state index contributed by atoms with van der Waals surface area (Å²) < 4.78 is 5.34. The van der Waals surface area contributed by atoms with E-state index in [9.17, 15) is 4.79 Å². The van der Waals surface area contributed by atoms with Gasteiger partial charge in [0.15, 0.2) is 5.82 Å². The number of carbonyl (C=O) groups excluding carboxylic acids is 1. The number of aromatic amines is 1. The molecule has 26 heavy (non-hydrogen) atoms. The molecule has 0 radical (unpaired) electrons. The lowest BCUT2D eigenvalue weighted by molar-refractivity contribution is -0.122. The topological polar surface area (TPSA) is 83.1 Å². The van der Waals surface area contributed by atoms with E-state index < -0.39 is 0 Å². The van der Waals surface area contributed by atoms with Gasteiger partial charge in [-0.2, -0.15) is 5.10 Å². The fourth-order valence-corrected chi connectivity index (χ4v) is 3.46. The molecule has 3 rings (SSSR count). The number of H-pyrrole nitrogens is 1. The van der Waals surface area contributed by atoms with Gasteiger partial charge in [-0.1, -0.05) is 18.2 Å². The van der Waals surface area contributed by atoms with Crippen LogP contribution < -0.4 is 10.1 Å². The Balaban J connectivity index is 1.44. The van der Waals surface area contributed by atoms with Crippen LogP contribution in [-0.4, -0.2) is 59.3 Å². The summed E-state index contributed by atoms with van der Waals surface area (Å²) in [6.45, 7) is 4.71. The molecular weight excluding hydrogens is 330 g/mol. The second kappa shape index (κ2) is 8.80. The molecule has 1 saturated heterocycles. The Kier molecular flexibility index (Phi) is 6.22. The highest BCUT2D eigenvalue weighted by molar-refractivity contribution is 5.78. The van der Waals surface area contributed by atoms with Crippen molar-refractivity contribution in [2.75, 3.05) is 33.3 Å². The first-order chi connectivity index (χ1) is 12.7. The van der Waals surface area contributed by atoms with E-state index >= 15 is 0 Å². The third-order valence-electron chi connectivity index (χ3n) is 4.76. The van der Waals surface area contributed by atoms with Crippen LogP contribution in [0.3, 0.4) is 0 Å². The lowest BCUT2D eigenvalue weighted by atomic mass is 9.97. The number of nitrogens with one attached hydrogen (secondary N) is 2. The molecule has 1 atom stereocenters. The Morgan fingerprint density at radius 1 is 1.42 bits per heavy atom. The second-order valence-corrected chi connectivity index (χ2v) is 6.77. The number of rotatable bonds is 7. The van der Waals surface area contributed by atoms with Crippen molar-refractivity contribution in [3.05, 3.63) is 41.5 Å². The summed E-state index contributed by atoms with van der Waals surface area (Å²) in [5, 5.41) is 10.2. The minimum absolute atomic E-state index is 0.0618. The fourth-order valence-electron chi connectivity index (χ4n) is 3.46. The van der Waals surface area contributed by atoms with E-state index in [1.54, 1.807) is 7.11 Å². The Hall–Kier alpha value is -2.41. The van der Waals surface area contributed by atoms with Crippen molar-refractivity contribution in [1.82, 2.24) is 25.4 Å². The number of benzene rings is 1. The van der Waals surface area contributed by atoms with Gasteiger partial charge in [-0.25, -0.2) is 4.98 Å². The smallest absolute Gasteiger partial charge is 0.234 e. The van der Waals surface area contributed by atoms with E-state index in [4.69, 9.17) is 4.74 Å². The van der Waals surface area contributed by atoms with Crippen LogP contribution in [0.1, 0.15) is 36.0 Å². The zero-order valence-electron chi connectivity index (χ0n) is 15.5. The van der Waals surface area contributed by atoms with Crippen molar-refractivity contribution in [3.63, 3.8) is 0 Å². The van der Waals surface area contributed by atoms with Crippen molar-refractivity contribution in [3.8, 4) is 5.75 Å². The molecule has 2 N–H and O–H groups in total. The minimum Gasteiger partial charge on any atom is -0.496 e. The number of methoxy groups -OCH3 is 1. The summed E-state index contributed by atoms with van der Waals surface area (Å²) in [5.41, 5.74) is 1.10. The molecule has 0 saturated carbocycles. The van der Waals surface area contributed by atoms with Crippen molar-refractivity contribution in [1.29, 1.82) is 0 Å². The number of nitrogens with zero attached hydrogens (tertiary/aromatic N) is 3. The highest BCUT2D eigenvalue weighted by Crippen LogP contribution is 2.24. The number of carbonyl (C=O) groups is 1. The first kappa shape index (κ1) is 18.4. The van der Waals surface area contributed by atoms with Crippen LogP contribution in [0.4, 0.5) is 0 Å². The normalized spacial score (nSPS) is 17.8. The van der Waals surface area contributed by atoms with Gasteiger partial charge < -0.3 is 10.1 Å². The number of amides is 1. The van der Waals surface area contributed by atoms with Crippen molar-refractivity contribution < 1.29 is 9.53 Å². The van der Waals surface area contributed by atoms with Crippen LogP contribution in [0, 0.1) is 6.92 Å². The Morgan fingerprint density at radius 3 is 3.04 bits per heavy atom. The fraction of sp³-hybridized carbons (Fsp3) is 0.526. The molecule has 1 fully saturated rings. The average molecular weight is 357 g/mol. The molecule has 7 heteroatoms. The minimum atomic E-state index is 0.0618. The Morgan fingerprint density at radius 2 is 2.27 bits per heavy atom. The van der Waals surface area contributed by atoms with E-state index in [0.717, 1.165) is 55.3 Å². The van der Waals surface area contributed by atoms with Gasteiger partial charge in [0.1, 0.15) is 11.6 Å². The molecule has 1 aliphatic heterocycles. The number of hydrogen-bond acceptors (Lipinski definition) is 5. The third-order valence-corrected chi connectivity index (χ3v) is 4.76. The second-order valence-electron chi connectivity index (χ2n) is 6.77. The predicted molar refractivity (Wildman–Crippen MR) is 99.2 cm³/mol. The molecular formula is C19H27N5O2. The highest BCUT2D eigenvalue weighted by Gasteiger charge is 2.25. The highest BCUT2D eigenvalue weighted by atomic mass is 16.5. The molecule has 0 bridgehead atoms. The molecule has 1 aromatic heterocycles. The number of hydrogen-bond donors (Lipinski definition) is 2. The summed E-state index contributed by atoms with van der Waals surface area (Å²) in [7, 11) is 1.67. The number of aromatic nitrogens is 3. The van der Waals surface area contributed by atoms with Gasteiger partial charge in [-0.15, -0.1) is 0 Å². The molecule has 140 valence electrons. The summed E-state index contributed by atoms with van der Waals surface area (Å²) in [6.07, 6.45) is 2.89. The maximum Gasteiger partial charge on any atom is 0.234 e. The summed E-state index contributed by atoms with van der Waals surface area (Å²) >= 11 is 0. The van der Waals surface area contributed by atoms with Crippen molar-refractivity contribution >= 4 is 5.91 Å². The quantitative estimate of drug-likeness (QED) is 0.787. The SMILES string of the molecule is COc1ccccc1CCNC(=O)CN1CCC[C@@H](c2n[nH]c(C)n2)C1. The molecule has 1 aromatic carbocycles. The van der Waals surface area contributed by atoms with Gasteiger partial charge in [0.25, 0.3) is 0 Å². The molecule has 2 aromatic rings. The maximum absolute atomic E-state index is 12.3. The van der Waals surface area contributed by atoms with Crippen LogP contribution in [0.15, 0.2) is 24.3 Å². The van der Waals surface area contributed by atoms with Crippen LogP contribution in [0.2, 0.25) is 0 Å². The molecule has 2 heterocycles. The molecule has 0 aliphatic carbocycles. The van der Waals surface area contributed by atoms with Gasteiger partial charge in [-0.05, 0) is 44.4 Å². The van der Waals surface area contributed by atoms with Gasteiger partial charge in [-0.3, -0.25) is 14.8 Å². The Labute approximate surface area is 154 Å². The summed E-state index contributed by atoms with van der Waals surface area (Å²) in [6, 6.07) is 7.90. The van der Waals surface area contributed by atoms with Crippen LogP contribution in [-0.2, 0) is 11.2 Å². The maximum atomic E-state index is 12.3. The lowest BCUT2D eigenvalue weighted by Crippen LogP contribution is -2.42. The molecule has 1 aliphatic rings. The molecule has 0 spiro atoms. The number of ether oxygens (including phenoxy) is 1. The number of aryl methyl sites for hydroxylation is 1. The van der Waals surface area contributed by atoms with Crippen molar-refractivity contribution in [2.24, 2.45) is 0 Å². The van der Waals surface area contributed by atoms with E-state index in [0.29, 0.717) is 19.0 Å². The van der Waals surface area contributed by atoms with E-state index in [1.807, 2.05) is 31.2 Å². The van der Waals surface area contributed by atoms with E-state index in [1.165, 1.54) is 0 Å². The first-order valence-corrected chi connectivity index (χ1v) is 9.15. The van der Waals surface area contributed by atoms with Gasteiger partial charge in [0.2, 0.25) is 5.91 Å². The molecule has 7 nitrogen and oxygen atoms in total. The summed E-state index contributed by atoms with van der Waals surface area (Å²) in [5.74, 6) is 2.93. The summed E-state index contributed by atoms with van der Waals surface area (Å²) in [4.78, 5) is 18.9. The molecule has 0 unspecified atom stereocenters. The standard InChI is InChI=1S/C19H27N5O2/c1-14-21-19(23-22-14)16-7-5-11-24(12-16)13-18(25)20-10-9-15-6-3-4-8-17(15)26-2/h3-4,6,8,16H,5,7,9-13H2,1-2H3,(H,20,25)(H,21,22,23)/t16-/m1/s1. The zero-order valence-corrected chi connectivity index (χ0v) is 15.5. The zero-order chi connectivity index (χ0) is 18.4. The van der Waals surface area contributed by atoms with E-state index in [2.05, 4.69) is 25.4 Å². The van der Waals surface area contributed by atoms with Gasteiger partial charge >= 0.3 is 0 Å². The number of likely N-dealkylation sites (tertiary alicyclic amines) is 1. The first-order valence-electron chi connectivity index (χ1n) is 9.15. The monoisotopic (exact) mass is 357 g/mol. The molecule has 1 amide bonds. The van der Waals surface area contributed by atoms with Crippen LogP contribution in [0.25, 0.3) is 0 Å². The van der Waals surface area contributed by atoms with E-state index in [-0.39, 0.29) is 5.91 Å².